The van der Waals surface area contributed by atoms with Crippen molar-refractivity contribution in [2.75, 3.05) is 6.54 Å². The summed E-state index contributed by atoms with van der Waals surface area (Å²) >= 11 is 1.38. The predicted molar refractivity (Wildman–Crippen MR) is 117 cm³/mol. The third-order valence-electron chi connectivity index (χ3n) is 4.98. The lowest BCUT2D eigenvalue weighted by Crippen LogP contribution is -2.35. The zero-order valence-corrected chi connectivity index (χ0v) is 17.9. The average molecular weight is 440 g/mol. The lowest BCUT2D eigenvalue weighted by molar-refractivity contribution is -0.122. The van der Waals surface area contributed by atoms with Gasteiger partial charge in [-0.2, -0.15) is 14.5 Å². The highest BCUT2D eigenvalue weighted by atomic mass is 32.1. The minimum Gasteiger partial charge on any atom is -0.354 e. The lowest BCUT2D eigenvalue weighted by atomic mass is 10.0. The molecule has 3 aromatic heterocycles. The zero-order valence-electron chi connectivity index (χ0n) is 17.1. The number of fused-ring (bicyclic) bond motifs is 1. The van der Waals surface area contributed by atoms with Crippen molar-refractivity contribution >= 4 is 28.0 Å². The van der Waals surface area contributed by atoms with Gasteiger partial charge in [0, 0.05) is 18.5 Å². The fourth-order valence-electron chi connectivity index (χ4n) is 3.30. The second-order valence-electron chi connectivity index (χ2n) is 6.91. The van der Waals surface area contributed by atoms with Crippen LogP contribution in [0.1, 0.15) is 25.5 Å². The molecule has 0 unspecified atom stereocenters. The molecule has 1 N–H and O–H groups in total. The van der Waals surface area contributed by atoms with Crippen LogP contribution in [0.2, 0.25) is 0 Å². The SMILES string of the molecule is CCn1nc([C@H](C)C(=O)NCCn2nnn(-c3cccs3)c2=O)c2ccccc2c1=O. The topological polar surface area (TPSA) is 117 Å². The van der Waals surface area contributed by atoms with E-state index in [1.54, 1.807) is 31.2 Å². The van der Waals surface area contributed by atoms with Crippen molar-refractivity contribution in [3.63, 3.8) is 0 Å². The van der Waals surface area contributed by atoms with Crippen molar-refractivity contribution in [2.45, 2.75) is 32.9 Å². The number of nitrogens with one attached hydrogen (secondary N) is 1. The number of carbonyl (C=O) groups excluding carboxylic acids is 1. The van der Waals surface area contributed by atoms with Crippen LogP contribution in [-0.4, -0.2) is 42.0 Å². The van der Waals surface area contributed by atoms with E-state index in [0.29, 0.717) is 28.0 Å². The molecule has 1 aromatic carbocycles. The van der Waals surface area contributed by atoms with Crippen molar-refractivity contribution in [3.8, 4) is 5.00 Å². The third kappa shape index (κ3) is 3.91. The van der Waals surface area contributed by atoms with Gasteiger partial charge in [-0.25, -0.2) is 9.48 Å². The number of hydrogen-bond acceptors (Lipinski definition) is 7. The molecule has 0 aliphatic heterocycles. The van der Waals surface area contributed by atoms with Crippen LogP contribution in [0.25, 0.3) is 15.8 Å². The van der Waals surface area contributed by atoms with E-state index in [1.807, 2.05) is 24.4 Å². The quantitative estimate of drug-likeness (QED) is 0.462. The number of benzene rings is 1. The van der Waals surface area contributed by atoms with Crippen molar-refractivity contribution < 1.29 is 4.79 Å². The summed E-state index contributed by atoms with van der Waals surface area (Å²) in [7, 11) is 0. The molecular formula is C20H21N7O3S. The molecule has 0 aliphatic carbocycles. The summed E-state index contributed by atoms with van der Waals surface area (Å²) in [6, 6.07) is 10.7. The molecule has 0 saturated carbocycles. The van der Waals surface area contributed by atoms with Crippen LogP contribution in [0, 0.1) is 0 Å². The molecule has 31 heavy (non-hydrogen) atoms. The van der Waals surface area contributed by atoms with Gasteiger partial charge in [0.2, 0.25) is 5.91 Å². The number of aryl methyl sites for hydroxylation is 1. The van der Waals surface area contributed by atoms with Crippen LogP contribution in [0.15, 0.2) is 51.4 Å². The molecule has 0 aliphatic rings. The Balaban J connectivity index is 1.48. The van der Waals surface area contributed by atoms with Crippen molar-refractivity contribution in [1.82, 2.24) is 34.9 Å². The van der Waals surface area contributed by atoms with E-state index >= 15 is 0 Å². The van der Waals surface area contributed by atoms with E-state index in [2.05, 4.69) is 20.8 Å². The van der Waals surface area contributed by atoms with E-state index in [-0.39, 0.29) is 30.2 Å². The van der Waals surface area contributed by atoms with Crippen molar-refractivity contribution in [1.29, 1.82) is 0 Å². The summed E-state index contributed by atoms with van der Waals surface area (Å²) in [5, 5.41) is 18.7. The first kappa shape index (κ1) is 20.7. The van der Waals surface area contributed by atoms with Crippen LogP contribution in [0.3, 0.4) is 0 Å². The number of carbonyl (C=O) groups is 1. The maximum atomic E-state index is 12.8. The normalized spacial score (nSPS) is 12.2. The second-order valence-corrected chi connectivity index (χ2v) is 7.84. The van der Waals surface area contributed by atoms with Crippen molar-refractivity contribution in [2.24, 2.45) is 0 Å². The van der Waals surface area contributed by atoms with Crippen LogP contribution in [0.5, 0.6) is 0 Å². The maximum Gasteiger partial charge on any atom is 0.369 e. The molecule has 4 rings (SSSR count). The number of tetrazole rings is 1. The molecule has 0 saturated heterocycles. The highest BCUT2D eigenvalue weighted by Gasteiger charge is 2.21. The molecule has 0 spiro atoms. The Morgan fingerprint density at radius 2 is 1.87 bits per heavy atom. The van der Waals surface area contributed by atoms with E-state index in [1.165, 1.54) is 25.4 Å². The molecule has 1 atom stereocenters. The Morgan fingerprint density at radius 1 is 1.10 bits per heavy atom. The maximum absolute atomic E-state index is 12.8. The molecule has 4 aromatic rings. The molecule has 11 heteroatoms. The number of nitrogens with zero attached hydrogens (tertiary/aromatic N) is 6. The third-order valence-corrected chi connectivity index (χ3v) is 5.82. The lowest BCUT2D eigenvalue weighted by Gasteiger charge is -2.15. The molecule has 0 bridgehead atoms. The van der Waals surface area contributed by atoms with E-state index in [0.717, 1.165) is 0 Å². The molecule has 3 heterocycles. The van der Waals surface area contributed by atoms with Crippen LogP contribution in [-0.2, 0) is 17.9 Å². The minimum absolute atomic E-state index is 0.178. The van der Waals surface area contributed by atoms with E-state index in [4.69, 9.17) is 0 Å². The monoisotopic (exact) mass is 439 g/mol. The van der Waals surface area contributed by atoms with Crippen LogP contribution >= 0.6 is 11.3 Å². The Bertz CT molecular complexity index is 1340. The predicted octanol–water partition coefficient (Wildman–Crippen LogP) is 1.14. The fourth-order valence-corrected chi connectivity index (χ4v) is 3.97. The van der Waals surface area contributed by atoms with Crippen LogP contribution < -0.4 is 16.6 Å². The van der Waals surface area contributed by atoms with E-state index < -0.39 is 5.92 Å². The van der Waals surface area contributed by atoms with Gasteiger partial charge in [-0.05, 0) is 47.9 Å². The fraction of sp³-hybridized carbons (Fsp3) is 0.300. The first-order valence-corrected chi connectivity index (χ1v) is 10.7. The Hall–Kier alpha value is -3.60. The smallest absolute Gasteiger partial charge is 0.354 e. The molecule has 160 valence electrons. The summed E-state index contributed by atoms with van der Waals surface area (Å²) < 4.78 is 3.79. The number of aromatic nitrogens is 6. The number of amides is 1. The second kappa shape index (κ2) is 8.64. The van der Waals surface area contributed by atoms with Gasteiger partial charge in [0.15, 0.2) is 0 Å². The molecular weight excluding hydrogens is 418 g/mol. The number of thiophene rings is 1. The highest BCUT2D eigenvalue weighted by molar-refractivity contribution is 7.12. The summed E-state index contributed by atoms with van der Waals surface area (Å²) in [5.41, 5.74) is -0.00884. The van der Waals surface area contributed by atoms with Crippen molar-refractivity contribution in [3.05, 3.63) is 68.3 Å². The van der Waals surface area contributed by atoms with E-state index in [9.17, 15) is 14.4 Å². The van der Waals surface area contributed by atoms with Gasteiger partial charge < -0.3 is 5.32 Å². The van der Waals surface area contributed by atoms with Crippen LogP contribution in [0.4, 0.5) is 0 Å². The summed E-state index contributed by atoms with van der Waals surface area (Å²) in [6.45, 7) is 4.38. The highest BCUT2D eigenvalue weighted by Crippen LogP contribution is 2.21. The molecule has 10 nitrogen and oxygen atoms in total. The standard InChI is InChI=1S/C20H21N7O3S/c1-3-25-19(29)15-8-5-4-7-14(15)17(22-25)13(2)18(28)21-10-11-26-20(30)27(24-23-26)16-9-6-12-31-16/h4-9,12-13H,3,10-11H2,1-2H3,(H,21,28)/t13-/m0/s1. The average Bonchev–Trinajstić information content (AvgIpc) is 3.44. The summed E-state index contributed by atoms with van der Waals surface area (Å²) in [6.07, 6.45) is 0. The largest absolute Gasteiger partial charge is 0.369 e. The summed E-state index contributed by atoms with van der Waals surface area (Å²) in [4.78, 5) is 37.7. The van der Waals surface area contributed by atoms with Gasteiger partial charge in [0.1, 0.15) is 5.00 Å². The first-order valence-electron chi connectivity index (χ1n) is 9.85. The molecule has 0 radical (unpaired) electrons. The van der Waals surface area contributed by atoms with Gasteiger partial charge in [0.25, 0.3) is 5.56 Å². The Kier molecular flexibility index (Phi) is 5.76. The van der Waals surface area contributed by atoms with Gasteiger partial charge in [-0.15, -0.1) is 11.3 Å². The Labute approximate surface area is 180 Å². The molecule has 1 amide bonds. The number of rotatable bonds is 7. The Morgan fingerprint density at radius 3 is 2.58 bits per heavy atom. The van der Waals surface area contributed by atoms with Gasteiger partial charge in [0.05, 0.1) is 23.5 Å². The first-order chi connectivity index (χ1) is 15.0. The number of hydrogen-bond donors (Lipinski definition) is 1. The van der Waals surface area contributed by atoms with Gasteiger partial charge in [-0.1, -0.05) is 18.2 Å². The minimum atomic E-state index is -0.582. The molecule has 0 fully saturated rings. The van der Waals surface area contributed by atoms with Gasteiger partial charge >= 0.3 is 5.69 Å². The zero-order chi connectivity index (χ0) is 22.0. The van der Waals surface area contributed by atoms with Gasteiger partial charge in [-0.3, -0.25) is 9.59 Å². The summed E-state index contributed by atoms with van der Waals surface area (Å²) in [5.74, 6) is -0.834.